The number of nitro groups is 1. The van der Waals surface area contributed by atoms with Crippen LogP contribution in [0.4, 0.5) is 10.1 Å². The van der Waals surface area contributed by atoms with Crippen molar-refractivity contribution in [1.82, 2.24) is 9.78 Å². The molecule has 19 heavy (non-hydrogen) atoms. The Kier molecular flexibility index (Phi) is 3.74. The van der Waals surface area contributed by atoms with Gasteiger partial charge in [-0.05, 0) is 6.92 Å². The van der Waals surface area contributed by atoms with Crippen LogP contribution in [-0.4, -0.2) is 14.7 Å². The lowest BCUT2D eigenvalue weighted by Gasteiger charge is -2.04. The Morgan fingerprint density at radius 2 is 2.32 bits per heavy atom. The summed E-state index contributed by atoms with van der Waals surface area (Å²) < 4.78 is 20.8. The van der Waals surface area contributed by atoms with Gasteiger partial charge in [0.05, 0.1) is 17.3 Å². The highest BCUT2D eigenvalue weighted by Crippen LogP contribution is 2.21. The second-order valence-corrected chi connectivity index (χ2v) is 3.83. The van der Waals surface area contributed by atoms with Gasteiger partial charge in [0.1, 0.15) is 6.61 Å². The largest absolute Gasteiger partial charge is 0.485 e. The molecule has 0 aliphatic rings. The lowest BCUT2D eigenvalue weighted by Crippen LogP contribution is -2.01. The summed E-state index contributed by atoms with van der Waals surface area (Å²) >= 11 is 0. The number of nitrogens with zero attached hydrogens (tertiary/aromatic N) is 3. The highest BCUT2D eigenvalue weighted by molar-refractivity contribution is 5.36. The van der Waals surface area contributed by atoms with Crippen molar-refractivity contribution in [3.05, 3.63) is 52.1 Å². The summed E-state index contributed by atoms with van der Waals surface area (Å²) in [6, 6.07) is 4.00. The molecule has 0 fully saturated rings. The molecule has 0 amide bonds. The standard InChI is InChI=1S/C12H12FN3O3/c1-2-15-7-10(6-14-15)19-8-9-4-3-5-11(12(9)13)16(17)18/h3-7H,2,8H2,1H3. The van der Waals surface area contributed by atoms with E-state index in [0.717, 1.165) is 6.07 Å². The van der Waals surface area contributed by atoms with Crippen molar-refractivity contribution in [3.63, 3.8) is 0 Å². The third kappa shape index (κ3) is 2.87. The normalized spacial score (nSPS) is 10.4. The molecule has 0 saturated carbocycles. The van der Waals surface area contributed by atoms with Gasteiger partial charge < -0.3 is 4.74 Å². The Balaban J connectivity index is 2.11. The molecule has 0 bridgehead atoms. The number of ether oxygens (including phenoxy) is 1. The van der Waals surface area contributed by atoms with Crippen LogP contribution >= 0.6 is 0 Å². The van der Waals surface area contributed by atoms with Gasteiger partial charge in [0, 0.05) is 18.2 Å². The van der Waals surface area contributed by atoms with Crippen LogP contribution in [-0.2, 0) is 13.2 Å². The van der Waals surface area contributed by atoms with Crippen molar-refractivity contribution >= 4 is 5.69 Å². The average molecular weight is 265 g/mol. The van der Waals surface area contributed by atoms with Crippen molar-refractivity contribution in [2.75, 3.05) is 0 Å². The predicted molar refractivity (Wildman–Crippen MR) is 65.3 cm³/mol. The van der Waals surface area contributed by atoms with Crippen LogP contribution < -0.4 is 4.74 Å². The second-order valence-electron chi connectivity index (χ2n) is 3.83. The molecule has 0 spiro atoms. The van der Waals surface area contributed by atoms with Crippen molar-refractivity contribution in [2.24, 2.45) is 0 Å². The minimum absolute atomic E-state index is 0.0804. The molecule has 0 saturated heterocycles. The minimum Gasteiger partial charge on any atom is -0.485 e. The lowest BCUT2D eigenvalue weighted by molar-refractivity contribution is -0.387. The molecule has 0 N–H and O–H groups in total. The Morgan fingerprint density at radius 3 is 2.95 bits per heavy atom. The lowest BCUT2D eigenvalue weighted by atomic mass is 10.2. The summed E-state index contributed by atoms with van der Waals surface area (Å²) in [6.45, 7) is 2.55. The van der Waals surface area contributed by atoms with Crippen LogP contribution in [0, 0.1) is 15.9 Å². The zero-order chi connectivity index (χ0) is 13.8. The maximum Gasteiger partial charge on any atom is 0.305 e. The Labute approximate surface area is 108 Å². The molecule has 0 aliphatic heterocycles. The van der Waals surface area contributed by atoms with Crippen molar-refractivity contribution in [3.8, 4) is 5.75 Å². The zero-order valence-electron chi connectivity index (χ0n) is 10.2. The Hall–Kier alpha value is -2.44. The highest BCUT2D eigenvalue weighted by Gasteiger charge is 2.17. The van der Waals surface area contributed by atoms with Gasteiger partial charge in [-0.15, -0.1) is 0 Å². The molecule has 2 rings (SSSR count). The summed E-state index contributed by atoms with van der Waals surface area (Å²) in [5.74, 6) is -0.372. The van der Waals surface area contributed by atoms with Gasteiger partial charge in [-0.2, -0.15) is 9.49 Å². The Morgan fingerprint density at radius 1 is 1.53 bits per heavy atom. The number of hydrogen-bond acceptors (Lipinski definition) is 4. The van der Waals surface area contributed by atoms with Gasteiger partial charge in [0.25, 0.3) is 0 Å². The number of halogens is 1. The van der Waals surface area contributed by atoms with Crippen molar-refractivity contribution in [1.29, 1.82) is 0 Å². The van der Waals surface area contributed by atoms with Gasteiger partial charge in [-0.1, -0.05) is 12.1 Å². The fourth-order valence-corrected chi connectivity index (χ4v) is 1.57. The second kappa shape index (κ2) is 5.47. The van der Waals surface area contributed by atoms with E-state index in [1.54, 1.807) is 10.9 Å². The number of benzene rings is 1. The van der Waals surface area contributed by atoms with E-state index in [9.17, 15) is 14.5 Å². The number of rotatable bonds is 5. The van der Waals surface area contributed by atoms with E-state index in [1.807, 2.05) is 6.92 Å². The molecule has 1 heterocycles. The zero-order valence-corrected chi connectivity index (χ0v) is 10.2. The first-order valence-corrected chi connectivity index (χ1v) is 5.69. The summed E-state index contributed by atoms with van der Waals surface area (Å²) in [6.07, 6.45) is 3.19. The van der Waals surface area contributed by atoms with Gasteiger partial charge in [-0.25, -0.2) is 0 Å². The van der Waals surface area contributed by atoms with Crippen LogP contribution in [0.5, 0.6) is 5.75 Å². The molecule has 100 valence electrons. The molecule has 1 aromatic carbocycles. The predicted octanol–water partition coefficient (Wildman–Crippen LogP) is 2.53. The van der Waals surface area contributed by atoms with Crippen molar-refractivity contribution < 1.29 is 14.1 Å². The van der Waals surface area contributed by atoms with E-state index >= 15 is 0 Å². The van der Waals surface area contributed by atoms with E-state index in [0.29, 0.717) is 12.3 Å². The van der Waals surface area contributed by atoms with Gasteiger partial charge in [0.2, 0.25) is 5.82 Å². The SMILES string of the molecule is CCn1cc(OCc2cccc([N+](=O)[O-])c2F)cn1. The molecule has 6 nitrogen and oxygen atoms in total. The monoisotopic (exact) mass is 265 g/mol. The molecule has 1 aromatic heterocycles. The topological polar surface area (TPSA) is 70.2 Å². The maximum atomic E-state index is 13.8. The number of aromatic nitrogens is 2. The summed E-state index contributed by atoms with van der Waals surface area (Å²) in [5.41, 5.74) is -0.413. The third-order valence-corrected chi connectivity index (χ3v) is 2.58. The summed E-state index contributed by atoms with van der Waals surface area (Å²) in [7, 11) is 0. The molecule has 2 aromatic rings. The van der Waals surface area contributed by atoms with Crippen molar-refractivity contribution in [2.45, 2.75) is 20.1 Å². The van der Waals surface area contributed by atoms with Crippen LogP contribution in [0.2, 0.25) is 0 Å². The van der Waals surface area contributed by atoms with E-state index in [1.165, 1.54) is 18.3 Å². The van der Waals surface area contributed by atoms with E-state index in [-0.39, 0.29) is 12.2 Å². The van der Waals surface area contributed by atoms with Crippen LogP contribution in [0.3, 0.4) is 0 Å². The smallest absolute Gasteiger partial charge is 0.305 e. The fraction of sp³-hybridized carbons (Fsp3) is 0.250. The molecule has 0 atom stereocenters. The molecule has 0 unspecified atom stereocenters. The maximum absolute atomic E-state index is 13.8. The quantitative estimate of drug-likeness (QED) is 0.615. The van der Waals surface area contributed by atoms with E-state index in [2.05, 4.69) is 5.10 Å². The van der Waals surface area contributed by atoms with E-state index in [4.69, 9.17) is 4.74 Å². The number of aryl methyl sites for hydroxylation is 1. The summed E-state index contributed by atoms with van der Waals surface area (Å²) in [4.78, 5) is 9.85. The average Bonchev–Trinajstić information content (AvgIpc) is 2.85. The van der Waals surface area contributed by atoms with Crippen LogP contribution in [0.1, 0.15) is 12.5 Å². The molecule has 0 radical (unpaired) electrons. The number of hydrogen-bond donors (Lipinski definition) is 0. The molecular weight excluding hydrogens is 253 g/mol. The van der Waals surface area contributed by atoms with Gasteiger partial charge >= 0.3 is 5.69 Å². The fourth-order valence-electron chi connectivity index (χ4n) is 1.57. The first kappa shape index (κ1) is 13.0. The third-order valence-electron chi connectivity index (χ3n) is 2.58. The van der Waals surface area contributed by atoms with E-state index < -0.39 is 16.4 Å². The molecular formula is C12H12FN3O3. The highest BCUT2D eigenvalue weighted by atomic mass is 19.1. The Bertz CT molecular complexity index is 598. The first-order valence-electron chi connectivity index (χ1n) is 5.69. The number of nitro benzene ring substituents is 1. The summed E-state index contributed by atoms with van der Waals surface area (Å²) in [5, 5.41) is 14.6. The van der Waals surface area contributed by atoms with Gasteiger partial charge in [-0.3, -0.25) is 14.8 Å². The van der Waals surface area contributed by atoms with Crippen LogP contribution in [0.25, 0.3) is 0 Å². The van der Waals surface area contributed by atoms with Crippen LogP contribution in [0.15, 0.2) is 30.6 Å². The van der Waals surface area contributed by atoms with Gasteiger partial charge in [0.15, 0.2) is 5.75 Å². The molecule has 0 aliphatic carbocycles. The molecule has 7 heteroatoms. The minimum atomic E-state index is -0.865. The first-order chi connectivity index (χ1) is 9.11.